The normalized spacial score (nSPS) is 21.9. The molecule has 1 amide bonds. The van der Waals surface area contributed by atoms with Gasteiger partial charge in [0, 0.05) is 30.4 Å². The second kappa shape index (κ2) is 5.93. The van der Waals surface area contributed by atoms with E-state index in [1.54, 1.807) is 0 Å². The largest absolute Gasteiger partial charge is 0.336 e. The predicted molar refractivity (Wildman–Crippen MR) is 86.0 cm³/mol. The maximum atomic E-state index is 12.6. The number of hydrogen-bond donors (Lipinski definition) is 1. The third-order valence-electron chi connectivity index (χ3n) is 4.27. The molecule has 2 aromatic rings. The van der Waals surface area contributed by atoms with E-state index in [1.807, 2.05) is 53.2 Å². The average molecular weight is 298 g/mol. The first-order valence-corrected chi connectivity index (χ1v) is 7.73. The van der Waals surface area contributed by atoms with E-state index >= 15 is 0 Å². The maximum Gasteiger partial charge on any atom is 0.254 e. The molecule has 0 bridgehead atoms. The molecule has 22 heavy (non-hydrogen) atoms. The molecule has 0 aliphatic carbocycles. The lowest BCUT2D eigenvalue weighted by molar-refractivity contribution is 0.0619. The van der Waals surface area contributed by atoms with E-state index in [0.29, 0.717) is 0 Å². The monoisotopic (exact) mass is 298 g/mol. The van der Waals surface area contributed by atoms with Crippen molar-refractivity contribution in [2.45, 2.75) is 38.8 Å². The summed E-state index contributed by atoms with van der Waals surface area (Å²) < 4.78 is 1.81. The van der Waals surface area contributed by atoms with Crippen LogP contribution in [0.3, 0.4) is 0 Å². The van der Waals surface area contributed by atoms with Crippen molar-refractivity contribution in [1.82, 2.24) is 14.7 Å². The van der Waals surface area contributed by atoms with Gasteiger partial charge in [-0.15, -0.1) is 0 Å². The molecule has 1 aliphatic heterocycles. The molecule has 0 spiro atoms. The van der Waals surface area contributed by atoms with E-state index in [-0.39, 0.29) is 18.0 Å². The smallest absolute Gasteiger partial charge is 0.254 e. The zero-order valence-corrected chi connectivity index (χ0v) is 13.1. The number of aromatic nitrogens is 2. The molecule has 3 rings (SSSR count). The first-order chi connectivity index (χ1) is 10.5. The fourth-order valence-electron chi connectivity index (χ4n) is 2.99. The Bertz CT molecular complexity index is 662. The third kappa shape index (κ3) is 2.90. The summed E-state index contributed by atoms with van der Waals surface area (Å²) in [5.41, 5.74) is 8.75. The SMILES string of the molecule is Cc1cnn(-c2ccc(C(=O)N3CCC(N)CC3C)cc2)c1. The number of rotatable bonds is 2. The fourth-order valence-corrected chi connectivity index (χ4v) is 2.99. The van der Waals surface area contributed by atoms with Gasteiger partial charge in [-0.3, -0.25) is 4.79 Å². The number of nitrogens with two attached hydrogens (primary N) is 1. The summed E-state index contributed by atoms with van der Waals surface area (Å²) >= 11 is 0. The quantitative estimate of drug-likeness (QED) is 0.924. The zero-order valence-electron chi connectivity index (χ0n) is 13.1. The van der Waals surface area contributed by atoms with Crippen molar-refractivity contribution in [2.24, 2.45) is 5.73 Å². The van der Waals surface area contributed by atoms with Gasteiger partial charge in [0.1, 0.15) is 0 Å². The number of carbonyl (C=O) groups excluding carboxylic acids is 1. The van der Waals surface area contributed by atoms with Crippen LogP contribution in [-0.4, -0.2) is 39.2 Å². The number of amides is 1. The summed E-state index contributed by atoms with van der Waals surface area (Å²) in [4.78, 5) is 14.6. The molecule has 2 unspecified atom stereocenters. The highest BCUT2D eigenvalue weighted by molar-refractivity contribution is 5.94. The number of aryl methyl sites for hydroxylation is 1. The lowest BCUT2D eigenvalue weighted by atomic mass is 9.98. The van der Waals surface area contributed by atoms with Gasteiger partial charge < -0.3 is 10.6 Å². The van der Waals surface area contributed by atoms with Gasteiger partial charge in [0.2, 0.25) is 0 Å². The molecule has 2 N–H and O–H groups in total. The van der Waals surface area contributed by atoms with Gasteiger partial charge in [0.25, 0.3) is 5.91 Å². The topological polar surface area (TPSA) is 64.2 Å². The van der Waals surface area contributed by atoms with Crippen molar-refractivity contribution < 1.29 is 4.79 Å². The van der Waals surface area contributed by atoms with Gasteiger partial charge in [-0.25, -0.2) is 4.68 Å². The van der Waals surface area contributed by atoms with Crippen LogP contribution in [0.25, 0.3) is 5.69 Å². The zero-order chi connectivity index (χ0) is 15.7. The van der Waals surface area contributed by atoms with Crippen LogP contribution in [-0.2, 0) is 0 Å². The lowest BCUT2D eigenvalue weighted by Gasteiger charge is -2.36. The minimum absolute atomic E-state index is 0.0857. The Morgan fingerprint density at radius 3 is 2.64 bits per heavy atom. The van der Waals surface area contributed by atoms with Gasteiger partial charge >= 0.3 is 0 Å². The number of nitrogens with zero attached hydrogens (tertiary/aromatic N) is 3. The first kappa shape index (κ1) is 14.8. The van der Waals surface area contributed by atoms with Crippen LogP contribution in [0.15, 0.2) is 36.7 Å². The van der Waals surface area contributed by atoms with Crippen LogP contribution in [0.5, 0.6) is 0 Å². The summed E-state index contributed by atoms with van der Waals surface area (Å²) in [6.07, 6.45) is 5.53. The highest BCUT2D eigenvalue weighted by Gasteiger charge is 2.27. The number of benzene rings is 1. The molecule has 5 nitrogen and oxygen atoms in total. The van der Waals surface area contributed by atoms with Crippen molar-refractivity contribution >= 4 is 5.91 Å². The Morgan fingerprint density at radius 2 is 2.05 bits per heavy atom. The second-order valence-corrected chi connectivity index (χ2v) is 6.14. The van der Waals surface area contributed by atoms with Crippen molar-refractivity contribution in [3.8, 4) is 5.69 Å². The minimum Gasteiger partial charge on any atom is -0.336 e. The molecule has 1 fully saturated rings. The summed E-state index contributed by atoms with van der Waals surface area (Å²) in [5, 5.41) is 4.28. The van der Waals surface area contributed by atoms with E-state index in [0.717, 1.165) is 36.2 Å². The number of carbonyl (C=O) groups is 1. The van der Waals surface area contributed by atoms with Gasteiger partial charge in [-0.1, -0.05) is 0 Å². The minimum atomic E-state index is 0.0857. The van der Waals surface area contributed by atoms with Crippen molar-refractivity contribution in [1.29, 1.82) is 0 Å². The van der Waals surface area contributed by atoms with E-state index in [4.69, 9.17) is 5.73 Å². The molecule has 0 radical (unpaired) electrons. The molecular formula is C17H22N4O. The van der Waals surface area contributed by atoms with E-state index in [9.17, 15) is 4.79 Å². The predicted octanol–water partition coefficient (Wildman–Crippen LogP) is 2.13. The molecule has 116 valence electrons. The Kier molecular flexibility index (Phi) is 3.98. The van der Waals surface area contributed by atoms with Gasteiger partial charge in [0.05, 0.1) is 11.9 Å². The Labute approximate surface area is 130 Å². The summed E-state index contributed by atoms with van der Waals surface area (Å²) in [6.45, 7) is 4.81. The Hall–Kier alpha value is -2.14. The lowest BCUT2D eigenvalue weighted by Crippen LogP contribution is -2.48. The van der Waals surface area contributed by atoms with Crippen molar-refractivity contribution in [3.05, 3.63) is 47.8 Å². The van der Waals surface area contributed by atoms with Gasteiger partial charge in [-0.2, -0.15) is 5.10 Å². The average Bonchev–Trinajstić information content (AvgIpc) is 2.93. The molecule has 1 aromatic carbocycles. The summed E-state index contributed by atoms with van der Waals surface area (Å²) in [5.74, 6) is 0.0857. The van der Waals surface area contributed by atoms with Crippen LogP contribution >= 0.6 is 0 Å². The Morgan fingerprint density at radius 1 is 1.32 bits per heavy atom. The maximum absolute atomic E-state index is 12.6. The third-order valence-corrected chi connectivity index (χ3v) is 4.27. The van der Waals surface area contributed by atoms with Gasteiger partial charge in [-0.05, 0) is 56.5 Å². The van der Waals surface area contributed by atoms with E-state index in [2.05, 4.69) is 12.0 Å². The molecule has 1 aliphatic rings. The van der Waals surface area contributed by atoms with E-state index in [1.165, 1.54) is 0 Å². The summed E-state index contributed by atoms with van der Waals surface area (Å²) in [6, 6.07) is 8.01. The fraction of sp³-hybridized carbons (Fsp3) is 0.412. The van der Waals surface area contributed by atoms with Gasteiger partial charge in [0.15, 0.2) is 0 Å². The molecular weight excluding hydrogens is 276 g/mol. The first-order valence-electron chi connectivity index (χ1n) is 7.73. The molecule has 5 heteroatoms. The van der Waals surface area contributed by atoms with Crippen LogP contribution in [0.4, 0.5) is 0 Å². The highest BCUT2D eigenvalue weighted by atomic mass is 16.2. The van der Waals surface area contributed by atoms with Crippen LogP contribution in [0.1, 0.15) is 35.7 Å². The second-order valence-electron chi connectivity index (χ2n) is 6.14. The number of piperidine rings is 1. The molecule has 2 heterocycles. The van der Waals surface area contributed by atoms with Crippen LogP contribution < -0.4 is 5.73 Å². The van der Waals surface area contributed by atoms with Crippen molar-refractivity contribution in [3.63, 3.8) is 0 Å². The molecule has 1 aromatic heterocycles. The van der Waals surface area contributed by atoms with E-state index < -0.39 is 0 Å². The number of hydrogen-bond acceptors (Lipinski definition) is 3. The standard InChI is InChI=1S/C17H22N4O/c1-12-10-19-21(11-12)16-5-3-14(4-6-16)17(22)20-8-7-15(18)9-13(20)2/h3-6,10-11,13,15H,7-9,18H2,1-2H3. The molecule has 2 atom stereocenters. The highest BCUT2D eigenvalue weighted by Crippen LogP contribution is 2.19. The summed E-state index contributed by atoms with van der Waals surface area (Å²) in [7, 11) is 0. The molecule has 0 saturated carbocycles. The van der Waals surface area contributed by atoms with Crippen LogP contribution in [0.2, 0.25) is 0 Å². The number of likely N-dealkylation sites (tertiary alicyclic amines) is 1. The van der Waals surface area contributed by atoms with Crippen LogP contribution in [0, 0.1) is 6.92 Å². The van der Waals surface area contributed by atoms with Crippen molar-refractivity contribution in [2.75, 3.05) is 6.54 Å². The Balaban J connectivity index is 1.76. The molecule has 1 saturated heterocycles.